The lowest BCUT2D eigenvalue weighted by atomic mass is 9.74. The molecule has 0 radical (unpaired) electrons. The summed E-state index contributed by atoms with van der Waals surface area (Å²) in [4.78, 5) is 16.7. The molecule has 5 rings (SSSR count). The van der Waals surface area contributed by atoms with Crippen LogP contribution in [0.3, 0.4) is 0 Å². The number of urea groups is 1. The van der Waals surface area contributed by atoms with Crippen molar-refractivity contribution in [3.63, 3.8) is 0 Å². The molecule has 2 amide bonds. The number of fused-ring (bicyclic) bond motifs is 2. The van der Waals surface area contributed by atoms with Crippen molar-refractivity contribution in [2.75, 3.05) is 49.9 Å². The number of carbonyl (C=O) groups excluding carboxylic acids is 1. The minimum atomic E-state index is -4.85. The maximum absolute atomic E-state index is 12.7. The number of aliphatic hydroxyl groups excluding tert-OH is 1. The molecule has 1 unspecified atom stereocenters. The molecule has 2 aromatic carbocycles. The minimum Gasteiger partial charge on any atom is -0.404 e. The quantitative estimate of drug-likeness (QED) is 0.469. The third kappa shape index (κ3) is 5.97. The smallest absolute Gasteiger partial charge is 0.404 e. The van der Waals surface area contributed by atoms with Crippen molar-refractivity contribution in [2.24, 2.45) is 5.92 Å². The van der Waals surface area contributed by atoms with E-state index in [0.717, 1.165) is 38.5 Å². The largest absolute Gasteiger partial charge is 0.573 e. The first-order chi connectivity index (χ1) is 18.1. The molecule has 0 aliphatic carbocycles. The number of aliphatic hydroxyl groups is 1. The van der Waals surface area contributed by atoms with Crippen LogP contribution in [0.25, 0.3) is 0 Å². The summed E-state index contributed by atoms with van der Waals surface area (Å²) in [5.41, 5.74) is 3.12. The summed E-state index contributed by atoms with van der Waals surface area (Å²) in [5, 5.41) is 16.9. The number of ether oxygens (including phenoxy) is 1. The topological polar surface area (TPSA) is 77.1 Å². The number of benzene rings is 2. The molecule has 3 N–H and O–H groups in total. The van der Waals surface area contributed by atoms with Gasteiger partial charge in [0, 0.05) is 43.0 Å². The molecule has 38 heavy (non-hydrogen) atoms. The molecule has 1 atom stereocenters. The Hall–Kier alpha value is -2.69. The zero-order valence-electron chi connectivity index (χ0n) is 20.9. The molecule has 0 saturated carbocycles. The van der Waals surface area contributed by atoms with Crippen LogP contribution in [-0.2, 0) is 5.41 Å². The number of halogens is 4. The number of amides is 2. The fraction of sp³-hybridized carbons (Fsp3) is 0.519. The summed E-state index contributed by atoms with van der Waals surface area (Å²) in [6.45, 7) is 4.48. The Kier molecular flexibility index (Phi) is 7.66. The standard InChI is InChI=1S/C27H32ClF3N4O3/c28-21-15-19(5-6-24(21)38-27(29,30)31)33-25(37)35-11-7-18(8-12-35)23(36)16-34-13-9-26(10-14-34)17-32-22-4-2-1-3-20(22)26/h1-6,15,18,23,32,36H,7-14,16-17H2,(H,33,37). The number of nitrogens with zero attached hydrogens (tertiary/aromatic N) is 2. The van der Waals surface area contributed by atoms with Crippen LogP contribution < -0.4 is 15.4 Å². The molecule has 2 aromatic rings. The summed E-state index contributed by atoms with van der Waals surface area (Å²) >= 11 is 5.87. The van der Waals surface area contributed by atoms with Gasteiger partial charge in [0.25, 0.3) is 0 Å². The van der Waals surface area contributed by atoms with E-state index in [1.807, 2.05) is 0 Å². The number of anilines is 2. The first-order valence-corrected chi connectivity index (χ1v) is 13.3. The highest BCUT2D eigenvalue weighted by molar-refractivity contribution is 6.32. The lowest BCUT2D eigenvalue weighted by Crippen LogP contribution is -2.49. The average molecular weight is 553 g/mol. The second-order valence-corrected chi connectivity index (χ2v) is 10.9. The fourth-order valence-electron chi connectivity index (χ4n) is 5.96. The number of piperidine rings is 2. The number of para-hydroxylation sites is 1. The predicted molar refractivity (Wildman–Crippen MR) is 140 cm³/mol. The number of alkyl halides is 3. The van der Waals surface area contributed by atoms with Gasteiger partial charge in [-0.25, -0.2) is 4.79 Å². The summed E-state index contributed by atoms with van der Waals surface area (Å²) in [7, 11) is 0. The molecule has 7 nitrogen and oxygen atoms in total. The normalized spacial score (nSPS) is 20.6. The Morgan fingerprint density at radius 2 is 1.87 bits per heavy atom. The molecule has 206 valence electrons. The van der Waals surface area contributed by atoms with Gasteiger partial charge in [-0.2, -0.15) is 0 Å². The van der Waals surface area contributed by atoms with Crippen molar-refractivity contribution >= 4 is 29.0 Å². The number of β-amino-alcohol motifs (C(OH)–C–C–N with tert-alkyl or cyclic N) is 1. The Labute approximate surface area is 224 Å². The molecule has 2 saturated heterocycles. The lowest BCUT2D eigenvalue weighted by Gasteiger charge is -2.41. The molecule has 3 heterocycles. The number of nitrogens with one attached hydrogen (secondary N) is 2. The van der Waals surface area contributed by atoms with Crippen molar-refractivity contribution in [2.45, 2.75) is 43.6 Å². The molecule has 3 aliphatic heterocycles. The van der Waals surface area contributed by atoms with Gasteiger partial charge in [0.05, 0.1) is 11.1 Å². The van der Waals surface area contributed by atoms with Crippen LogP contribution >= 0.6 is 11.6 Å². The number of rotatable bonds is 5. The summed E-state index contributed by atoms with van der Waals surface area (Å²) < 4.78 is 41.1. The number of hydrogen-bond donors (Lipinski definition) is 3. The van der Waals surface area contributed by atoms with Crippen molar-refractivity contribution in [3.05, 3.63) is 53.1 Å². The van der Waals surface area contributed by atoms with Gasteiger partial charge in [-0.15, -0.1) is 13.2 Å². The first kappa shape index (κ1) is 26.9. The van der Waals surface area contributed by atoms with Crippen LogP contribution in [0.2, 0.25) is 5.02 Å². The highest BCUT2D eigenvalue weighted by atomic mass is 35.5. The third-order valence-electron chi connectivity index (χ3n) is 8.15. The van der Waals surface area contributed by atoms with Crippen LogP contribution in [-0.4, -0.2) is 72.7 Å². The monoisotopic (exact) mass is 552 g/mol. The van der Waals surface area contributed by atoms with Gasteiger partial charge in [-0.05, 0) is 74.5 Å². The summed E-state index contributed by atoms with van der Waals surface area (Å²) in [6.07, 6.45) is -1.81. The summed E-state index contributed by atoms with van der Waals surface area (Å²) in [6, 6.07) is 11.8. The van der Waals surface area contributed by atoms with E-state index in [-0.39, 0.29) is 28.1 Å². The number of likely N-dealkylation sites (tertiary alicyclic amines) is 2. The third-order valence-corrected chi connectivity index (χ3v) is 8.45. The van der Waals surface area contributed by atoms with Gasteiger partial charge in [0.2, 0.25) is 0 Å². The Bertz CT molecular complexity index is 1150. The predicted octanol–water partition coefficient (Wildman–Crippen LogP) is 5.30. The van der Waals surface area contributed by atoms with Gasteiger partial charge < -0.3 is 30.3 Å². The minimum absolute atomic E-state index is 0.108. The highest BCUT2D eigenvalue weighted by Gasteiger charge is 2.41. The second-order valence-electron chi connectivity index (χ2n) is 10.5. The maximum atomic E-state index is 12.7. The van der Waals surface area contributed by atoms with Crippen LogP contribution in [0.4, 0.5) is 29.3 Å². The maximum Gasteiger partial charge on any atom is 0.573 e. The number of hydrogen-bond acceptors (Lipinski definition) is 5. The zero-order chi connectivity index (χ0) is 26.9. The molecule has 0 aromatic heterocycles. The van der Waals surface area contributed by atoms with E-state index in [1.54, 1.807) is 4.90 Å². The first-order valence-electron chi connectivity index (χ1n) is 13.0. The van der Waals surface area contributed by atoms with E-state index >= 15 is 0 Å². The molecule has 1 spiro atoms. The van der Waals surface area contributed by atoms with Crippen molar-refractivity contribution in [1.82, 2.24) is 9.80 Å². The van der Waals surface area contributed by atoms with Gasteiger partial charge in [0.1, 0.15) is 5.75 Å². The molecular weight excluding hydrogens is 521 g/mol. The van der Waals surface area contributed by atoms with Crippen molar-refractivity contribution < 1.29 is 27.8 Å². The second kappa shape index (κ2) is 10.8. The molecule has 11 heteroatoms. The molecule has 3 aliphatic rings. The summed E-state index contributed by atoms with van der Waals surface area (Å²) in [5.74, 6) is -0.419. The van der Waals surface area contributed by atoms with Crippen LogP contribution in [0.15, 0.2) is 42.5 Å². The van der Waals surface area contributed by atoms with Gasteiger partial charge >= 0.3 is 12.4 Å². The molecular formula is C27H32ClF3N4O3. The van der Waals surface area contributed by atoms with E-state index in [4.69, 9.17) is 11.6 Å². The van der Waals surface area contributed by atoms with Gasteiger partial charge in [0.15, 0.2) is 0 Å². The van der Waals surface area contributed by atoms with Crippen LogP contribution in [0.5, 0.6) is 5.75 Å². The fourth-order valence-corrected chi connectivity index (χ4v) is 6.18. The van der Waals surface area contributed by atoms with E-state index in [2.05, 4.69) is 44.5 Å². The Morgan fingerprint density at radius 3 is 2.55 bits per heavy atom. The SMILES string of the molecule is O=C(Nc1ccc(OC(F)(F)F)c(Cl)c1)N1CCC(C(O)CN2CCC3(CC2)CNc2ccccc23)CC1. The van der Waals surface area contributed by atoms with E-state index in [0.29, 0.717) is 32.5 Å². The van der Waals surface area contributed by atoms with Gasteiger partial charge in [-0.3, -0.25) is 0 Å². The lowest BCUT2D eigenvalue weighted by molar-refractivity contribution is -0.274. The van der Waals surface area contributed by atoms with Crippen molar-refractivity contribution in [1.29, 1.82) is 0 Å². The molecule has 0 bridgehead atoms. The Morgan fingerprint density at radius 1 is 1.16 bits per heavy atom. The average Bonchev–Trinajstić information content (AvgIpc) is 3.24. The molecule has 2 fully saturated rings. The van der Waals surface area contributed by atoms with Crippen LogP contribution in [0.1, 0.15) is 31.2 Å². The highest BCUT2D eigenvalue weighted by Crippen LogP contribution is 2.44. The Balaban J connectivity index is 1.06. The van der Waals surface area contributed by atoms with E-state index < -0.39 is 18.2 Å². The van der Waals surface area contributed by atoms with Crippen LogP contribution in [0, 0.1) is 5.92 Å². The number of carbonyl (C=O) groups is 1. The zero-order valence-corrected chi connectivity index (χ0v) is 21.7. The van der Waals surface area contributed by atoms with Crippen molar-refractivity contribution in [3.8, 4) is 5.75 Å². The van der Waals surface area contributed by atoms with Gasteiger partial charge in [-0.1, -0.05) is 29.8 Å². The van der Waals surface area contributed by atoms with E-state index in [1.165, 1.54) is 23.4 Å². The van der Waals surface area contributed by atoms with E-state index in [9.17, 15) is 23.1 Å².